The Morgan fingerprint density at radius 3 is 2.18 bits per heavy atom. The normalized spacial score (nSPS) is 39.7. The van der Waals surface area contributed by atoms with E-state index in [0.717, 1.165) is 23.7 Å². The maximum atomic E-state index is 2.44. The molecule has 0 nitrogen and oxygen atoms in total. The molecule has 0 aliphatic heterocycles. The van der Waals surface area contributed by atoms with Crippen LogP contribution < -0.4 is 0 Å². The highest BCUT2D eigenvalue weighted by Crippen LogP contribution is 2.46. The lowest BCUT2D eigenvalue weighted by atomic mass is 9.84. The van der Waals surface area contributed by atoms with Crippen LogP contribution in [0.15, 0.2) is 12.2 Å². The second kappa shape index (κ2) is 3.00. The topological polar surface area (TPSA) is 0 Å². The van der Waals surface area contributed by atoms with Gasteiger partial charge >= 0.3 is 0 Å². The molecule has 2 rings (SSSR count). The van der Waals surface area contributed by atoms with Crippen LogP contribution in [0.5, 0.6) is 0 Å². The van der Waals surface area contributed by atoms with Crippen LogP contribution in [0.1, 0.15) is 34.1 Å². The Labute approximate surface area is 70.7 Å². The predicted octanol–water partition coefficient (Wildman–Crippen LogP) is 3.49. The van der Waals surface area contributed by atoms with Crippen LogP contribution in [0, 0.1) is 23.7 Å². The van der Waals surface area contributed by atoms with E-state index in [1.54, 1.807) is 0 Å². The fourth-order valence-electron chi connectivity index (χ4n) is 2.59. The molecule has 0 aromatic carbocycles. The minimum absolute atomic E-state index is 0. The largest absolute Gasteiger partial charge is 0.0851 e. The monoisotopic (exact) mass is 152 g/mol. The van der Waals surface area contributed by atoms with Gasteiger partial charge in [-0.1, -0.05) is 33.4 Å². The summed E-state index contributed by atoms with van der Waals surface area (Å²) in [4.78, 5) is 0. The van der Waals surface area contributed by atoms with E-state index in [1.165, 1.54) is 12.8 Å². The van der Waals surface area contributed by atoms with Gasteiger partial charge in [0.25, 0.3) is 0 Å². The third-order valence-corrected chi connectivity index (χ3v) is 3.19. The van der Waals surface area contributed by atoms with Gasteiger partial charge in [-0.25, -0.2) is 0 Å². The lowest BCUT2D eigenvalue weighted by Crippen LogP contribution is -2.13. The Balaban J connectivity index is 0.000000605. The van der Waals surface area contributed by atoms with Gasteiger partial charge in [0.2, 0.25) is 0 Å². The molecule has 2 aliphatic carbocycles. The van der Waals surface area contributed by atoms with Gasteiger partial charge in [-0.3, -0.25) is 0 Å². The van der Waals surface area contributed by atoms with E-state index in [9.17, 15) is 0 Å². The molecule has 1 saturated carbocycles. The highest BCUT2D eigenvalue weighted by atomic mass is 14.4. The second-order valence-electron chi connectivity index (χ2n) is 4.19. The molecule has 1 fully saturated rings. The highest BCUT2D eigenvalue weighted by Gasteiger charge is 2.36. The van der Waals surface area contributed by atoms with Crippen molar-refractivity contribution in [1.29, 1.82) is 0 Å². The van der Waals surface area contributed by atoms with Crippen LogP contribution in [0.4, 0.5) is 0 Å². The highest BCUT2D eigenvalue weighted by molar-refractivity contribution is 5.10. The van der Waals surface area contributed by atoms with Gasteiger partial charge < -0.3 is 0 Å². The van der Waals surface area contributed by atoms with Crippen LogP contribution in [0.2, 0.25) is 0 Å². The Bertz CT molecular complexity index is 155. The predicted molar refractivity (Wildman–Crippen MR) is 50.4 cm³/mol. The first kappa shape index (κ1) is 8.83. The van der Waals surface area contributed by atoms with Crippen molar-refractivity contribution < 1.29 is 0 Å². The molecular formula is C11H20. The van der Waals surface area contributed by atoms with Crippen molar-refractivity contribution in [3.63, 3.8) is 0 Å². The zero-order valence-corrected chi connectivity index (χ0v) is 6.88. The van der Waals surface area contributed by atoms with E-state index in [0.29, 0.717) is 0 Å². The molecule has 64 valence electrons. The smallest absolute Gasteiger partial charge is 0.0197 e. The molecule has 2 bridgehead atoms. The van der Waals surface area contributed by atoms with Crippen molar-refractivity contribution in [3.8, 4) is 0 Å². The molecule has 0 aromatic heterocycles. The summed E-state index contributed by atoms with van der Waals surface area (Å²) < 4.78 is 0. The van der Waals surface area contributed by atoms with Gasteiger partial charge in [0.1, 0.15) is 0 Å². The Morgan fingerprint density at radius 2 is 1.91 bits per heavy atom. The Hall–Kier alpha value is -0.260. The molecule has 2 aliphatic rings. The van der Waals surface area contributed by atoms with Crippen LogP contribution in [0.25, 0.3) is 0 Å². The molecule has 3 unspecified atom stereocenters. The quantitative estimate of drug-likeness (QED) is 0.504. The molecular weight excluding hydrogens is 132 g/mol. The summed E-state index contributed by atoms with van der Waals surface area (Å²) in [5.41, 5.74) is 0. The maximum absolute atomic E-state index is 2.44. The van der Waals surface area contributed by atoms with Crippen molar-refractivity contribution >= 4 is 0 Å². The van der Waals surface area contributed by atoms with Crippen molar-refractivity contribution in [2.24, 2.45) is 23.7 Å². The van der Waals surface area contributed by atoms with Crippen molar-refractivity contribution in [1.82, 2.24) is 0 Å². The van der Waals surface area contributed by atoms with Gasteiger partial charge in [-0.05, 0) is 36.5 Å². The summed E-state index contributed by atoms with van der Waals surface area (Å²) in [6.07, 6.45) is 7.80. The van der Waals surface area contributed by atoms with Crippen molar-refractivity contribution in [2.45, 2.75) is 34.1 Å². The molecule has 0 N–H and O–H groups in total. The Morgan fingerprint density at radius 1 is 1.18 bits per heavy atom. The van der Waals surface area contributed by atoms with Gasteiger partial charge in [0, 0.05) is 0 Å². The molecule has 0 heterocycles. The zero-order chi connectivity index (χ0) is 7.14. The third kappa shape index (κ3) is 1.36. The van der Waals surface area contributed by atoms with Gasteiger partial charge in [-0.15, -0.1) is 0 Å². The number of fused-ring (bicyclic) bond motifs is 2. The summed E-state index contributed by atoms with van der Waals surface area (Å²) in [5, 5.41) is 0. The second-order valence-corrected chi connectivity index (χ2v) is 4.19. The van der Waals surface area contributed by atoms with E-state index < -0.39 is 0 Å². The first-order valence-electron chi connectivity index (χ1n) is 4.45. The molecule has 11 heavy (non-hydrogen) atoms. The van der Waals surface area contributed by atoms with E-state index >= 15 is 0 Å². The average Bonchev–Trinajstić information content (AvgIpc) is 2.44. The molecule has 0 amide bonds. The molecule has 0 heteroatoms. The molecule has 0 radical (unpaired) electrons. The summed E-state index contributed by atoms with van der Waals surface area (Å²) in [6.45, 7) is 4.72. The van der Waals surface area contributed by atoms with Gasteiger partial charge in [0.05, 0.1) is 0 Å². The minimum Gasteiger partial charge on any atom is -0.0851 e. The van der Waals surface area contributed by atoms with E-state index in [4.69, 9.17) is 0 Å². The van der Waals surface area contributed by atoms with E-state index in [-0.39, 0.29) is 7.43 Å². The molecule has 3 atom stereocenters. The number of rotatable bonds is 1. The standard InChI is InChI=1S/C10H16.CH4/c1-7(2)10-6-8-3-4-9(10)5-8;/h3-4,7-10H,5-6H2,1-2H3;1H4. The summed E-state index contributed by atoms with van der Waals surface area (Å²) >= 11 is 0. The SMILES string of the molecule is C.CC(C)C1CC2C=CC1C2. The summed E-state index contributed by atoms with van der Waals surface area (Å²) in [7, 11) is 0. The van der Waals surface area contributed by atoms with Crippen molar-refractivity contribution in [2.75, 3.05) is 0 Å². The fourth-order valence-corrected chi connectivity index (χ4v) is 2.59. The van der Waals surface area contributed by atoms with Gasteiger partial charge in [0.15, 0.2) is 0 Å². The minimum atomic E-state index is 0. The van der Waals surface area contributed by atoms with Crippen LogP contribution in [0.3, 0.4) is 0 Å². The number of allylic oxidation sites excluding steroid dienone is 2. The van der Waals surface area contributed by atoms with Crippen LogP contribution in [-0.4, -0.2) is 0 Å². The van der Waals surface area contributed by atoms with Crippen molar-refractivity contribution in [3.05, 3.63) is 12.2 Å². The van der Waals surface area contributed by atoms with Crippen LogP contribution in [-0.2, 0) is 0 Å². The van der Waals surface area contributed by atoms with E-state index in [2.05, 4.69) is 26.0 Å². The number of hydrogen-bond acceptors (Lipinski definition) is 0. The molecule has 0 saturated heterocycles. The molecule has 0 spiro atoms. The summed E-state index contributed by atoms with van der Waals surface area (Å²) in [6, 6.07) is 0. The van der Waals surface area contributed by atoms with Gasteiger partial charge in [-0.2, -0.15) is 0 Å². The maximum Gasteiger partial charge on any atom is -0.0197 e. The van der Waals surface area contributed by atoms with E-state index in [1.807, 2.05) is 0 Å². The number of hydrogen-bond donors (Lipinski definition) is 0. The average molecular weight is 152 g/mol. The first-order chi connectivity index (χ1) is 4.77. The summed E-state index contributed by atoms with van der Waals surface area (Å²) in [5.74, 6) is 3.82. The lowest BCUT2D eigenvalue weighted by molar-refractivity contribution is 0.331. The molecule has 0 aromatic rings. The Kier molecular flexibility index (Phi) is 2.41. The zero-order valence-electron chi connectivity index (χ0n) is 6.88. The lowest BCUT2D eigenvalue weighted by Gasteiger charge is -2.21. The van der Waals surface area contributed by atoms with Crippen LogP contribution >= 0.6 is 0 Å². The first-order valence-corrected chi connectivity index (χ1v) is 4.45. The fraction of sp³-hybridized carbons (Fsp3) is 0.818. The third-order valence-electron chi connectivity index (χ3n) is 3.19.